The van der Waals surface area contributed by atoms with Gasteiger partial charge in [0.05, 0.1) is 12.8 Å². The number of guanidine groups is 1. The molecular weight excluding hydrogens is 447 g/mol. The van der Waals surface area contributed by atoms with E-state index in [-0.39, 0.29) is 29.9 Å². The second kappa shape index (κ2) is 12.2. The first-order valence-corrected chi connectivity index (χ1v) is 8.14. The highest BCUT2D eigenvalue weighted by atomic mass is 127. The van der Waals surface area contributed by atoms with E-state index in [1.54, 1.807) is 19.2 Å². The lowest BCUT2D eigenvalue weighted by Gasteiger charge is -2.12. The number of benzene rings is 1. The van der Waals surface area contributed by atoms with Gasteiger partial charge in [-0.3, -0.25) is 9.79 Å². The van der Waals surface area contributed by atoms with Crippen LogP contribution in [-0.2, 0) is 0 Å². The van der Waals surface area contributed by atoms with Gasteiger partial charge in [0, 0.05) is 20.1 Å². The van der Waals surface area contributed by atoms with Crippen LogP contribution in [0.3, 0.4) is 0 Å². The zero-order chi connectivity index (χ0) is 17.9. The first-order valence-electron chi connectivity index (χ1n) is 8.14. The van der Waals surface area contributed by atoms with Crippen molar-refractivity contribution in [3.63, 3.8) is 0 Å². The third-order valence-corrected chi connectivity index (χ3v) is 3.36. The van der Waals surface area contributed by atoms with Gasteiger partial charge in [0.1, 0.15) is 12.4 Å². The lowest BCUT2D eigenvalue weighted by molar-refractivity contribution is 0.0926. The van der Waals surface area contributed by atoms with Gasteiger partial charge in [0.25, 0.3) is 5.91 Å². The molecule has 0 saturated heterocycles. The van der Waals surface area contributed by atoms with E-state index in [0.29, 0.717) is 38.0 Å². The number of halogens is 1. The maximum atomic E-state index is 11.7. The van der Waals surface area contributed by atoms with Crippen molar-refractivity contribution in [2.75, 3.05) is 33.3 Å². The van der Waals surface area contributed by atoms with E-state index in [9.17, 15) is 4.79 Å². The van der Waals surface area contributed by atoms with Gasteiger partial charge in [-0.15, -0.1) is 24.0 Å². The SMILES string of the molecule is CN=C(NCCNC(=O)c1ccco1)NCCOc1ccc(C)cc1.I. The van der Waals surface area contributed by atoms with Crippen molar-refractivity contribution in [1.82, 2.24) is 16.0 Å². The average Bonchev–Trinajstić information content (AvgIpc) is 3.16. The Kier molecular flexibility index (Phi) is 10.2. The maximum absolute atomic E-state index is 11.7. The van der Waals surface area contributed by atoms with Crippen LogP contribution >= 0.6 is 24.0 Å². The first kappa shape index (κ1) is 21.8. The standard InChI is InChI=1S/C18H24N4O3.HI/c1-14-5-7-15(8-6-14)24-13-11-22-18(19-2)21-10-9-20-17(23)16-4-3-12-25-16;/h3-8,12H,9-11,13H2,1-2H3,(H,20,23)(H2,19,21,22);1H. The average molecular weight is 472 g/mol. The molecule has 0 fully saturated rings. The van der Waals surface area contributed by atoms with E-state index in [2.05, 4.69) is 20.9 Å². The van der Waals surface area contributed by atoms with Crippen LogP contribution < -0.4 is 20.7 Å². The minimum atomic E-state index is -0.235. The Labute approximate surface area is 170 Å². The third kappa shape index (κ3) is 7.77. The van der Waals surface area contributed by atoms with Crippen LogP contribution in [0.25, 0.3) is 0 Å². The molecule has 0 atom stereocenters. The smallest absolute Gasteiger partial charge is 0.287 e. The van der Waals surface area contributed by atoms with Crippen molar-refractivity contribution in [2.24, 2.45) is 4.99 Å². The molecule has 0 saturated carbocycles. The largest absolute Gasteiger partial charge is 0.492 e. The van der Waals surface area contributed by atoms with Crippen molar-refractivity contribution < 1.29 is 13.9 Å². The predicted molar refractivity (Wildman–Crippen MR) is 112 cm³/mol. The Morgan fingerprint density at radius 1 is 1.08 bits per heavy atom. The van der Waals surface area contributed by atoms with Gasteiger partial charge in [0.2, 0.25) is 0 Å². The van der Waals surface area contributed by atoms with Crippen molar-refractivity contribution in [3.05, 3.63) is 54.0 Å². The van der Waals surface area contributed by atoms with E-state index >= 15 is 0 Å². The Morgan fingerprint density at radius 2 is 1.77 bits per heavy atom. The van der Waals surface area contributed by atoms with Crippen LogP contribution in [0.4, 0.5) is 0 Å². The fraction of sp³-hybridized carbons (Fsp3) is 0.333. The number of rotatable bonds is 8. The van der Waals surface area contributed by atoms with Gasteiger partial charge < -0.3 is 25.1 Å². The number of furan rings is 1. The summed E-state index contributed by atoms with van der Waals surface area (Å²) in [6, 6.07) is 11.2. The molecule has 0 aliphatic heterocycles. The highest BCUT2D eigenvalue weighted by Gasteiger charge is 2.06. The molecule has 1 aromatic carbocycles. The van der Waals surface area contributed by atoms with Gasteiger partial charge in [-0.05, 0) is 31.2 Å². The van der Waals surface area contributed by atoms with E-state index in [4.69, 9.17) is 9.15 Å². The number of hydrogen-bond donors (Lipinski definition) is 3. The second-order valence-corrected chi connectivity index (χ2v) is 5.32. The number of carbonyl (C=O) groups is 1. The Balaban J connectivity index is 0.00000338. The molecule has 1 aromatic heterocycles. The minimum Gasteiger partial charge on any atom is -0.492 e. The van der Waals surface area contributed by atoms with Gasteiger partial charge in [0.15, 0.2) is 11.7 Å². The summed E-state index contributed by atoms with van der Waals surface area (Å²) in [5.74, 6) is 1.56. The summed E-state index contributed by atoms with van der Waals surface area (Å²) in [5, 5.41) is 9.02. The molecule has 0 bridgehead atoms. The quantitative estimate of drug-likeness (QED) is 0.237. The van der Waals surface area contributed by atoms with Gasteiger partial charge in [-0.2, -0.15) is 0 Å². The zero-order valence-corrected chi connectivity index (χ0v) is 17.3. The van der Waals surface area contributed by atoms with Crippen LogP contribution in [0, 0.1) is 6.92 Å². The number of aliphatic imine (C=N–C) groups is 1. The summed E-state index contributed by atoms with van der Waals surface area (Å²) in [6.07, 6.45) is 1.47. The van der Waals surface area contributed by atoms with Crippen molar-refractivity contribution in [2.45, 2.75) is 6.92 Å². The number of amides is 1. The minimum absolute atomic E-state index is 0. The fourth-order valence-electron chi connectivity index (χ4n) is 2.05. The van der Waals surface area contributed by atoms with Crippen LogP contribution in [-0.4, -0.2) is 45.2 Å². The molecule has 0 aliphatic carbocycles. The molecule has 3 N–H and O–H groups in total. The van der Waals surface area contributed by atoms with Crippen LogP contribution in [0.15, 0.2) is 52.1 Å². The number of hydrogen-bond acceptors (Lipinski definition) is 4. The first-order chi connectivity index (χ1) is 12.2. The molecule has 0 spiro atoms. The highest BCUT2D eigenvalue weighted by molar-refractivity contribution is 14.0. The molecule has 1 heterocycles. The molecule has 1 amide bonds. The zero-order valence-electron chi connectivity index (χ0n) is 15.0. The molecule has 142 valence electrons. The molecule has 0 aliphatic rings. The molecule has 8 heteroatoms. The van der Waals surface area contributed by atoms with Crippen LogP contribution in [0.1, 0.15) is 16.1 Å². The molecule has 2 aromatic rings. The summed E-state index contributed by atoms with van der Waals surface area (Å²) in [7, 11) is 1.69. The van der Waals surface area contributed by atoms with E-state index in [1.807, 2.05) is 31.2 Å². The van der Waals surface area contributed by atoms with Crippen LogP contribution in [0.2, 0.25) is 0 Å². The lowest BCUT2D eigenvalue weighted by Crippen LogP contribution is -2.42. The highest BCUT2D eigenvalue weighted by Crippen LogP contribution is 2.10. The topological polar surface area (TPSA) is 87.9 Å². The van der Waals surface area contributed by atoms with Crippen LogP contribution in [0.5, 0.6) is 5.75 Å². The number of ether oxygens (including phenoxy) is 1. The summed E-state index contributed by atoms with van der Waals surface area (Å²) in [5.41, 5.74) is 1.20. The normalized spacial score (nSPS) is 10.6. The Hall–Kier alpha value is -2.23. The van der Waals surface area contributed by atoms with Crippen molar-refractivity contribution in [1.29, 1.82) is 0 Å². The van der Waals surface area contributed by atoms with Gasteiger partial charge in [-0.1, -0.05) is 17.7 Å². The summed E-state index contributed by atoms with van der Waals surface area (Å²) in [4.78, 5) is 15.8. The van der Waals surface area contributed by atoms with E-state index in [0.717, 1.165) is 5.75 Å². The molecule has 26 heavy (non-hydrogen) atoms. The second-order valence-electron chi connectivity index (χ2n) is 5.32. The summed E-state index contributed by atoms with van der Waals surface area (Å²) in [6.45, 7) is 4.19. The lowest BCUT2D eigenvalue weighted by atomic mass is 10.2. The molecule has 7 nitrogen and oxygen atoms in total. The van der Waals surface area contributed by atoms with Gasteiger partial charge >= 0.3 is 0 Å². The number of nitrogens with zero attached hydrogens (tertiary/aromatic N) is 1. The number of nitrogens with one attached hydrogen (secondary N) is 3. The van der Waals surface area contributed by atoms with Gasteiger partial charge in [-0.25, -0.2) is 0 Å². The molecule has 0 unspecified atom stereocenters. The molecule has 2 rings (SSSR count). The Morgan fingerprint density at radius 3 is 2.42 bits per heavy atom. The number of aryl methyl sites for hydroxylation is 1. The third-order valence-electron chi connectivity index (χ3n) is 3.36. The van der Waals surface area contributed by atoms with E-state index < -0.39 is 0 Å². The molecule has 0 radical (unpaired) electrons. The monoisotopic (exact) mass is 472 g/mol. The summed E-state index contributed by atoms with van der Waals surface area (Å²) < 4.78 is 10.7. The fourth-order valence-corrected chi connectivity index (χ4v) is 2.05. The van der Waals surface area contributed by atoms with Crippen molar-refractivity contribution >= 4 is 35.8 Å². The Bertz CT molecular complexity index is 672. The summed E-state index contributed by atoms with van der Waals surface area (Å²) >= 11 is 0. The maximum Gasteiger partial charge on any atom is 0.287 e. The number of carbonyl (C=O) groups excluding carboxylic acids is 1. The van der Waals surface area contributed by atoms with E-state index in [1.165, 1.54) is 11.8 Å². The predicted octanol–water partition coefficient (Wildman–Crippen LogP) is 2.18. The van der Waals surface area contributed by atoms with Crippen molar-refractivity contribution in [3.8, 4) is 5.75 Å². The molecular formula is C18H25IN4O3.